The molecule has 13 heteroatoms. The number of amides is 1. The van der Waals surface area contributed by atoms with Crippen LogP contribution in [0.1, 0.15) is 27.2 Å². The van der Waals surface area contributed by atoms with Crippen molar-refractivity contribution in [3.63, 3.8) is 0 Å². The van der Waals surface area contributed by atoms with Gasteiger partial charge in [-0.25, -0.2) is 9.67 Å². The number of aromatic nitrogens is 4. The summed E-state index contributed by atoms with van der Waals surface area (Å²) in [4.78, 5) is 29.0. The number of ether oxygens (including phenoxy) is 3. The molecule has 2 heterocycles. The minimum atomic E-state index is -0.599. The number of rotatable bonds is 12. The Morgan fingerprint density at radius 1 is 0.957 bits per heavy atom. The molecule has 0 unspecified atom stereocenters. The molecule has 0 fully saturated rings. The van der Waals surface area contributed by atoms with Crippen LogP contribution in [0.2, 0.25) is 0 Å². The molecule has 12 nitrogen and oxygen atoms in total. The molecule has 232 valence electrons. The van der Waals surface area contributed by atoms with Gasteiger partial charge in [0.05, 0.1) is 48.6 Å². The van der Waals surface area contributed by atoms with Crippen molar-refractivity contribution >= 4 is 33.1 Å². The van der Waals surface area contributed by atoms with Gasteiger partial charge in [0, 0.05) is 11.6 Å². The smallest absolute Gasteiger partial charge is 0.282 e. The Hall–Kier alpha value is -5.82. The number of carbonyl (C=O) groups excluding carboxylic acids is 1. The fraction of sp³-hybridized carbons (Fsp3) is 0.152. The van der Waals surface area contributed by atoms with E-state index in [9.17, 15) is 14.9 Å². The van der Waals surface area contributed by atoms with Crippen LogP contribution in [-0.2, 0) is 19.7 Å². The van der Waals surface area contributed by atoms with Crippen LogP contribution in [0.4, 0.5) is 5.69 Å². The van der Waals surface area contributed by atoms with E-state index in [1.165, 1.54) is 23.5 Å². The molecule has 0 aliphatic carbocycles. The maximum absolute atomic E-state index is 13.0. The third-order valence-electron chi connectivity index (χ3n) is 7.11. The van der Waals surface area contributed by atoms with Crippen molar-refractivity contribution in [2.75, 3.05) is 14.2 Å². The van der Waals surface area contributed by atoms with Crippen LogP contribution in [0.15, 0.2) is 91.1 Å². The van der Waals surface area contributed by atoms with Gasteiger partial charge in [-0.05, 0) is 47.5 Å². The summed E-state index contributed by atoms with van der Waals surface area (Å²) in [5.41, 5.74) is 3.36. The minimum Gasteiger partial charge on any atom is -0.497 e. The predicted octanol–water partition coefficient (Wildman–Crippen LogP) is 6.04. The SMILES string of the molecule is COc1ccc2nc(-c3ccc(C(=O)NCc4cn(Cc5ccc(OCc6ccccc6)c(OC)c5)nn4)c([N+](=O)[O-])c3)sc2c1. The largest absolute Gasteiger partial charge is 0.497 e. The van der Waals surface area contributed by atoms with Crippen LogP contribution in [-0.4, -0.2) is 45.0 Å². The highest BCUT2D eigenvalue weighted by Crippen LogP contribution is 2.35. The van der Waals surface area contributed by atoms with E-state index in [4.69, 9.17) is 14.2 Å². The summed E-state index contributed by atoms with van der Waals surface area (Å²) in [6.07, 6.45) is 1.70. The second kappa shape index (κ2) is 13.4. The Morgan fingerprint density at radius 2 is 1.80 bits per heavy atom. The molecule has 0 saturated heterocycles. The molecule has 0 radical (unpaired) electrons. The summed E-state index contributed by atoms with van der Waals surface area (Å²) in [5.74, 6) is 1.31. The van der Waals surface area contributed by atoms with Crippen LogP contribution in [0.5, 0.6) is 17.2 Å². The molecule has 0 atom stereocenters. The lowest BCUT2D eigenvalue weighted by molar-refractivity contribution is -0.385. The predicted molar refractivity (Wildman–Crippen MR) is 172 cm³/mol. The highest BCUT2D eigenvalue weighted by Gasteiger charge is 2.22. The van der Waals surface area contributed by atoms with Gasteiger partial charge < -0.3 is 19.5 Å². The van der Waals surface area contributed by atoms with Crippen LogP contribution >= 0.6 is 11.3 Å². The lowest BCUT2D eigenvalue weighted by atomic mass is 10.1. The number of fused-ring (bicyclic) bond motifs is 1. The number of thiazole rings is 1. The van der Waals surface area contributed by atoms with E-state index in [1.807, 2.05) is 60.7 Å². The molecule has 2 aromatic heterocycles. The molecule has 1 N–H and O–H groups in total. The van der Waals surface area contributed by atoms with Gasteiger partial charge in [0.25, 0.3) is 11.6 Å². The number of nitro benzene ring substituents is 1. The number of nitrogens with zero attached hydrogens (tertiary/aromatic N) is 5. The zero-order valence-corrected chi connectivity index (χ0v) is 25.7. The van der Waals surface area contributed by atoms with Gasteiger partial charge in [0.1, 0.15) is 28.6 Å². The molecular formula is C33H28N6O6S. The summed E-state index contributed by atoms with van der Waals surface area (Å²) in [6, 6.07) is 25.4. The molecule has 1 amide bonds. The molecular weight excluding hydrogens is 608 g/mol. The van der Waals surface area contributed by atoms with Crippen LogP contribution in [0, 0.1) is 10.1 Å². The molecule has 0 bridgehead atoms. The van der Waals surface area contributed by atoms with Crippen molar-refractivity contribution in [2.24, 2.45) is 0 Å². The summed E-state index contributed by atoms with van der Waals surface area (Å²) < 4.78 is 19.3. The molecule has 6 rings (SSSR count). The highest BCUT2D eigenvalue weighted by atomic mass is 32.1. The number of hydrogen-bond donors (Lipinski definition) is 1. The van der Waals surface area contributed by atoms with Gasteiger partial charge in [0.2, 0.25) is 0 Å². The Balaban J connectivity index is 1.09. The zero-order valence-electron chi connectivity index (χ0n) is 24.9. The standard InChI is InChI=1S/C33H28N6O6S/c1-43-25-10-12-27-31(16-25)46-33(35-27)23-9-11-26(28(15-23)39(41)42)32(40)34-17-24-19-38(37-36-24)18-22-8-13-29(30(14-22)44-2)45-20-21-6-4-3-5-7-21/h3-16,19H,17-18,20H2,1-2H3,(H,34,40). The van der Waals surface area contributed by atoms with Crippen molar-refractivity contribution in [1.82, 2.24) is 25.3 Å². The molecule has 0 spiro atoms. The highest BCUT2D eigenvalue weighted by molar-refractivity contribution is 7.21. The second-order valence-corrected chi connectivity index (χ2v) is 11.2. The molecule has 0 aliphatic heterocycles. The van der Waals surface area contributed by atoms with Crippen LogP contribution in [0.25, 0.3) is 20.8 Å². The van der Waals surface area contributed by atoms with Gasteiger partial charge in [-0.3, -0.25) is 14.9 Å². The summed E-state index contributed by atoms with van der Waals surface area (Å²) >= 11 is 1.38. The van der Waals surface area contributed by atoms with Crippen molar-refractivity contribution in [2.45, 2.75) is 19.7 Å². The molecule has 0 saturated carbocycles. The fourth-order valence-electron chi connectivity index (χ4n) is 4.78. The maximum Gasteiger partial charge on any atom is 0.282 e. The van der Waals surface area contributed by atoms with E-state index >= 15 is 0 Å². The number of nitrogens with one attached hydrogen (secondary N) is 1. The monoisotopic (exact) mass is 636 g/mol. The second-order valence-electron chi connectivity index (χ2n) is 10.2. The first-order valence-electron chi connectivity index (χ1n) is 14.1. The van der Waals surface area contributed by atoms with Gasteiger partial charge >= 0.3 is 0 Å². The van der Waals surface area contributed by atoms with Crippen molar-refractivity contribution in [3.05, 3.63) is 124 Å². The first-order chi connectivity index (χ1) is 22.4. The van der Waals surface area contributed by atoms with Crippen molar-refractivity contribution in [3.8, 4) is 27.8 Å². The molecule has 6 aromatic rings. The average Bonchev–Trinajstić information content (AvgIpc) is 3.73. The number of nitro groups is 1. The van der Waals surface area contributed by atoms with Crippen molar-refractivity contribution < 1.29 is 23.9 Å². The third-order valence-corrected chi connectivity index (χ3v) is 8.17. The summed E-state index contributed by atoms with van der Waals surface area (Å²) in [5, 5.41) is 23.5. The molecule has 0 aliphatic rings. The van der Waals surface area contributed by atoms with E-state index in [1.54, 1.807) is 37.2 Å². The Labute approximate surface area is 267 Å². The Bertz CT molecular complexity index is 2030. The molecule has 46 heavy (non-hydrogen) atoms. The Kier molecular flexibility index (Phi) is 8.83. The summed E-state index contributed by atoms with van der Waals surface area (Å²) in [7, 11) is 3.17. The first kappa shape index (κ1) is 30.2. The quantitative estimate of drug-likeness (QED) is 0.126. The van der Waals surface area contributed by atoms with E-state index in [0.29, 0.717) is 46.7 Å². The number of methoxy groups -OCH3 is 2. The van der Waals surface area contributed by atoms with E-state index < -0.39 is 10.8 Å². The number of hydrogen-bond acceptors (Lipinski definition) is 10. The van der Waals surface area contributed by atoms with Crippen molar-refractivity contribution in [1.29, 1.82) is 0 Å². The van der Waals surface area contributed by atoms with E-state index in [0.717, 1.165) is 21.3 Å². The van der Waals surface area contributed by atoms with E-state index in [-0.39, 0.29) is 17.8 Å². The lowest BCUT2D eigenvalue weighted by Crippen LogP contribution is -2.24. The topological polar surface area (TPSA) is 144 Å². The minimum absolute atomic E-state index is 0.0347. The summed E-state index contributed by atoms with van der Waals surface area (Å²) in [6.45, 7) is 0.857. The van der Waals surface area contributed by atoms with Gasteiger partial charge in [0.15, 0.2) is 11.5 Å². The number of benzene rings is 4. The van der Waals surface area contributed by atoms with Gasteiger partial charge in [-0.1, -0.05) is 47.7 Å². The maximum atomic E-state index is 13.0. The third kappa shape index (κ3) is 6.79. The normalized spacial score (nSPS) is 10.9. The average molecular weight is 637 g/mol. The van der Waals surface area contributed by atoms with E-state index in [2.05, 4.69) is 20.6 Å². The van der Waals surface area contributed by atoms with Crippen LogP contribution < -0.4 is 19.5 Å². The first-order valence-corrected chi connectivity index (χ1v) is 15.0. The van der Waals surface area contributed by atoms with Gasteiger partial charge in [-0.15, -0.1) is 16.4 Å². The van der Waals surface area contributed by atoms with Gasteiger partial charge in [-0.2, -0.15) is 0 Å². The fourth-order valence-corrected chi connectivity index (χ4v) is 5.77. The number of carbonyl (C=O) groups is 1. The zero-order chi connectivity index (χ0) is 32.0. The Morgan fingerprint density at radius 3 is 2.59 bits per heavy atom. The van der Waals surface area contributed by atoms with Crippen LogP contribution in [0.3, 0.4) is 0 Å². The molecule has 4 aromatic carbocycles. The lowest BCUT2D eigenvalue weighted by Gasteiger charge is -2.12.